The number of aliphatic hydroxyl groups excluding tert-OH is 1. The predicted octanol–water partition coefficient (Wildman–Crippen LogP) is 3.71. The SMILES string of the molecule is CC(=O)OC1=C(O)c2sc(-c3ccco3)cc2SN1C. The lowest BCUT2D eigenvalue weighted by atomic mass is 10.3. The Bertz CT molecular complexity index is 687. The van der Waals surface area contributed by atoms with E-state index in [2.05, 4.69) is 0 Å². The lowest BCUT2D eigenvalue weighted by Crippen LogP contribution is -2.19. The number of hydrogen-bond donors (Lipinski definition) is 1. The van der Waals surface area contributed by atoms with Crippen molar-refractivity contribution in [1.82, 2.24) is 4.31 Å². The van der Waals surface area contributed by atoms with Crippen LogP contribution in [0.2, 0.25) is 0 Å². The highest BCUT2D eigenvalue weighted by Crippen LogP contribution is 2.46. The molecule has 1 N–H and O–H groups in total. The number of nitrogens with zero attached hydrogens (tertiary/aromatic N) is 1. The van der Waals surface area contributed by atoms with Crippen molar-refractivity contribution < 1.29 is 19.1 Å². The Kier molecular flexibility index (Phi) is 3.23. The summed E-state index contributed by atoms with van der Waals surface area (Å²) in [6, 6.07) is 5.62. The van der Waals surface area contributed by atoms with Crippen molar-refractivity contribution in [2.24, 2.45) is 0 Å². The number of esters is 1. The Labute approximate surface area is 123 Å². The Morgan fingerprint density at radius 3 is 2.95 bits per heavy atom. The molecule has 0 radical (unpaired) electrons. The smallest absolute Gasteiger partial charge is 0.309 e. The molecule has 3 heterocycles. The van der Waals surface area contributed by atoms with E-state index >= 15 is 0 Å². The minimum Gasteiger partial charge on any atom is -0.502 e. The molecule has 5 nitrogen and oxygen atoms in total. The van der Waals surface area contributed by atoms with Crippen molar-refractivity contribution in [2.75, 3.05) is 7.05 Å². The van der Waals surface area contributed by atoms with E-state index in [4.69, 9.17) is 9.15 Å². The third kappa shape index (κ3) is 2.19. The maximum absolute atomic E-state index is 11.1. The van der Waals surface area contributed by atoms with E-state index in [1.54, 1.807) is 17.6 Å². The summed E-state index contributed by atoms with van der Waals surface area (Å²) in [4.78, 5) is 13.6. The van der Waals surface area contributed by atoms with Gasteiger partial charge in [-0.2, -0.15) is 0 Å². The maximum Gasteiger partial charge on any atom is 0.309 e. The summed E-state index contributed by atoms with van der Waals surface area (Å²) >= 11 is 2.78. The van der Waals surface area contributed by atoms with Crippen molar-refractivity contribution in [2.45, 2.75) is 11.8 Å². The lowest BCUT2D eigenvalue weighted by molar-refractivity contribution is -0.138. The monoisotopic (exact) mass is 309 g/mol. The molecule has 20 heavy (non-hydrogen) atoms. The molecule has 0 aromatic carbocycles. The summed E-state index contributed by atoms with van der Waals surface area (Å²) in [5, 5.41) is 10.3. The van der Waals surface area contributed by atoms with E-state index in [9.17, 15) is 9.90 Å². The molecule has 1 aliphatic rings. The Morgan fingerprint density at radius 1 is 1.50 bits per heavy atom. The number of rotatable bonds is 2. The van der Waals surface area contributed by atoms with Crippen LogP contribution in [0.15, 0.2) is 39.7 Å². The molecule has 0 fully saturated rings. The number of aliphatic hydroxyl groups is 1. The summed E-state index contributed by atoms with van der Waals surface area (Å²) < 4.78 is 12.0. The largest absolute Gasteiger partial charge is 0.502 e. The van der Waals surface area contributed by atoms with Gasteiger partial charge in [0, 0.05) is 14.0 Å². The van der Waals surface area contributed by atoms with Gasteiger partial charge in [-0.05, 0) is 30.1 Å². The molecule has 0 unspecified atom stereocenters. The highest BCUT2D eigenvalue weighted by atomic mass is 32.2. The summed E-state index contributed by atoms with van der Waals surface area (Å²) in [7, 11) is 1.73. The number of fused-ring (bicyclic) bond motifs is 1. The molecule has 0 amide bonds. The van der Waals surface area contributed by atoms with Gasteiger partial charge in [0.05, 0.1) is 20.9 Å². The standard InChI is InChI=1S/C13H11NO4S2/c1-7(15)18-13-11(16)12-10(20-14(13)2)6-9(19-12)8-4-3-5-17-8/h3-6,16H,1-2H3. The molecule has 0 spiro atoms. The van der Waals surface area contributed by atoms with Gasteiger partial charge in [-0.3, -0.25) is 9.10 Å². The molecule has 0 atom stereocenters. The third-order valence-electron chi connectivity index (χ3n) is 2.64. The summed E-state index contributed by atoms with van der Waals surface area (Å²) in [6.45, 7) is 1.30. The Hall–Kier alpha value is -1.86. The fraction of sp³-hybridized carbons (Fsp3) is 0.154. The van der Waals surface area contributed by atoms with Crippen LogP contribution in [0.5, 0.6) is 0 Å². The van der Waals surface area contributed by atoms with Gasteiger partial charge in [-0.1, -0.05) is 0 Å². The topological polar surface area (TPSA) is 62.9 Å². The van der Waals surface area contributed by atoms with Gasteiger partial charge < -0.3 is 14.3 Å². The van der Waals surface area contributed by atoms with Crippen LogP contribution in [0.25, 0.3) is 16.4 Å². The van der Waals surface area contributed by atoms with Crippen LogP contribution >= 0.6 is 23.3 Å². The molecule has 104 valence electrons. The molecule has 2 aromatic rings. The van der Waals surface area contributed by atoms with Crippen molar-refractivity contribution in [3.8, 4) is 10.6 Å². The number of carbonyl (C=O) groups excluding carboxylic acids is 1. The second kappa shape index (κ2) is 4.92. The van der Waals surface area contributed by atoms with Crippen molar-refractivity contribution >= 4 is 35.0 Å². The van der Waals surface area contributed by atoms with Crippen LogP contribution in [0.4, 0.5) is 0 Å². The predicted molar refractivity (Wildman–Crippen MR) is 77.0 cm³/mol. The normalized spacial score (nSPS) is 14.4. The maximum atomic E-state index is 11.1. The second-order valence-electron chi connectivity index (χ2n) is 4.12. The number of ether oxygens (including phenoxy) is 1. The zero-order valence-electron chi connectivity index (χ0n) is 10.7. The van der Waals surface area contributed by atoms with Crippen molar-refractivity contribution in [3.05, 3.63) is 35.2 Å². The number of thiophene rings is 1. The quantitative estimate of drug-likeness (QED) is 0.674. The first-order valence-electron chi connectivity index (χ1n) is 5.77. The molecule has 0 saturated heterocycles. The van der Waals surface area contributed by atoms with Gasteiger partial charge in [-0.25, -0.2) is 0 Å². The van der Waals surface area contributed by atoms with Crippen LogP contribution in [0, 0.1) is 0 Å². The summed E-state index contributed by atoms with van der Waals surface area (Å²) in [5.74, 6) is 0.404. The minimum absolute atomic E-state index is 0.0285. The molecule has 0 bridgehead atoms. The van der Waals surface area contributed by atoms with E-state index in [-0.39, 0.29) is 11.6 Å². The molecule has 7 heteroatoms. The van der Waals surface area contributed by atoms with Crippen LogP contribution in [-0.2, 0) is 9.53 Å². The highest BCUT2D eigenvalue weighted by Gasteiger charge is 2.29. The fourth-order valence-electron chi connectivity index (χ4n) is 1.83. The fourth-order valence-corrected chi connectivity index (χ4v) is 3.95. The van der Waals surface area contributed by atoms with Gasteiger partial charge in [0.15, 0.2) is 5.76 Å². The van der Waals surface area contributed by atoms with Crippen LogP contribution in [0.1, 0.15) is 11.8 Å². The number of hydrogen-bond acceptors (Lipinski definition) is 7. The molecular weight excluding hydrogens is 298 g/mol. The number of furan rings is 1. The molecule has 0 saturated carbocycles. The van der Waals surface area contributed by atoms with Crippen molar-refractivity contribution in [3.63, 3.8) is 0 Å². The van der Waals surface area contributed by atoms with Gasteiger partial charge in [0.25, 0.3) is 5.88 Å². The number of carbonyl (C=O) groups is 1. The summed E-state index contributed by atoms with van der Waals surface area (Å²) in [5.41, 5.74) is 0. The first-order chi connectivity index (χ1) is 9.56. The van der Waals surface area contributed by atoms with E-state index in [1.807, 2.05) is 18.2 Å². The van der Waals surface area contributed by atoms with E-state index in [0.29, 0.717) is 4.88 Å². The summed E-state index contributed by atoms with van der Waals surface area (Å²) in [6.07, 6.45) is 1.60. The van der Waals surface area contributed by atoms with Crippen LogP contribution < -0.4 is 0 Å². The molecule has 2 aromatic heterocycles. The first kappa shape index (κ1) is 13.1. The molecule has 3 rings (SSSR count). The van der Waals surface area contributed by atoms with E-state index < -0.39 is 5.97 Å². The molecule has 0 aliphatic carbocycles. The van der Waals surface area contributed by atoms with E-state index in [1.165, 1.54) is 30.2 Å². The van der Waals surface area contributed by atoms with Gasteiger partial charge >= 0.3 is 5.97 Å². The Balaban J connectivity index is 2.05. The second-order valence-corrected chi connectivity index (χ2v) is 6.34. The highest BCUT2D eigenvalue weighted by molar-refractivity contribution is 7.97. The zero-order valence-corrected chi connectivity index (χ0v) is 12.4. The van der Waals surface area contributed by atoms with Gasteiger partial charge in [-0.15, -0.1) is 11.3 Å². The zero-order chi connectivity index (χ0) is 14.3. The van der Waals surface area contributed by atoms with Crippen molar-refractivity contribution in [1.29, 1.82) is 0 Å². The van der Waals surface area contributed by atoms with Gasteiger partial charge in [0.2, 0.25) is 0 Å². The van der Waals surface area contributed by atoms with Gasteiger partial charge in [0.1, 0.15) is 5.76 Å². The third-order valence-corrected chi connectivity index (χ3v) is 4.89. The average molecular weight is 309 g/mol. The lowest BCUT2D eigenvalue weighted by Gasteiger charge is -2.24. The van der Waals surface area contributed by atoms with Crippen LogP contribution in [0.3, 0.4) is 0 Å². The molecular formula is C13H11NO4S2. The molecule has 1 aliphatic heterocycles. The average Bonchev–Trinajstić information content (AvgIpc) is 3.01. The minimum atomic E-state index is -0.467. The first-order valence-corrected chi connectivity index (χ1v) is 7.36. The van der Waals surface area contributed by atoms with E-state index in [0.717, 1.165) is 15.5 Å². The van der Waals surface area contributed by atoms with Crippen LogP contribution in [-0.4, -0.2) is 22.4 Å². The Morgan fingerprint density at radius 2 is 2.30 bits per heavy atom.